The molecule has 0 aliphatic heterocycles. The van der Waals surface area contributed by atoms with Crippen molar-refractivity contribution in [3.63, 3.8) is 0 Å². The zero-order valence-corrected chi connectivity index (χ0v) is 18.7. The molecule has 31 heavy (non-hydrogen) atoms. The third-order valence-corrected chi connectivity index (χ3v) is 4.84. The molecule has 10 heteroatoms. The van der Waals surface area contributed by atoms with Crippen LogP contribution in [0, 0.1) is 17.5 Å². The van der Waals surface area contributed by atoms with Gasteiger partial charge < -0.3 is 10.1 Å². The number of hydrogen-bond donors (Lipinski definition) is 1. The lowest BCUT2D eigenvalue weighted by Crippen LogP contribution is -2.37. The fraction of sp³-hybridized carbons (Fsp3) is 0.286. The lowest BCUT2D eigenvalue weighted by Gasteiger charge is -2.23. The minimum atomic E-state index is -0.975. The fourth-order valence-corrected chi connectivity index (χ4v) is 3.48. The minimum Gasteiger partial charge on any atom is -0.444 e. The Balaban J connectivity index is 2.27. The number of rotatable bonds is 3. The maximum absolute atomic E-state index is 14.5. The number of aromatic nitrogens is 2. The Morgan fingerprint density at radius 1 is 1.16 bits per heavy atom. The average molecular weight is 498 g/mol. The first kappa shape index (κ1) is 22.8. The van der Waals surface area contributed by atoms with Crippen LogP contribution >= 0.6 is 15.9 Å². The number of nitrogens with zero attached hydrogens (tertiary/aromatic N) is 2. The highest BCUT2D eigenvalue weighted by Gasteiger charge is 2.24. The van der Waals surface area contributed by atoms with Crippen molar-refractivity contribution in [2.45, 2.75) is 39.3 Å². The molecule has 0 radical (unpaired) electrons. The van der Waals surface area contributed by atoms with Crippen LogP contribution in [0.4, 0.5) is 18.0 Å². The molecule has 0 saturated carbocycles. The number of alkyl carbamates (subject to hydrolysis) is 1. The summed E-state index contributed by atoms with van der Waals surface area (Å²) < 4.78 is 48.7. The number of fused-ring (bicyclic) bond motifs is 1. The first-order valence-electron chi connectivity index (χ1n) is 9.24. The van der Waals surface area contributed by atoms with Gasteiger partial charge in [-0.1, -0.05) is 0 Å². The molecule has 3 rings (SSSR count). The van der Waals surface area contributed by atoms with E-state index in [1.165, 1.54) is 13.0 Å². The molecule has 0 aliphatic rings. The second kappa shape index (κ2) is 8.33. The second-order valence-corrected chi connectivity index (χ2v) is 8.71. The van der Waals surface area contributed by atoms with E-state index in [2.05, 4.69) is 26.2 Å². The van der Waals surface area contributed by atoms with Crippen LogP contribution in [0.15, 0.2) is 39.6 Å². The molecule has 1 N–H and O–H groups in total. The molecular weight excluding hydrogens is 479 g/mol. The summed E-state index contributed by atoms with van der Waals surface area (Å²) in [5.41, 5.74) is -1.97. The van der Waals surface area contributed by atoms with Gasteiger partial charge in [0.15, 0.2) is 0 Å². The van der Waals surface area contributed by atoms with E-state index >= 15 is 0 Å². The third kappa shape index (κ3) is 4.90. The van der Waals surface area contributed by atoms with E-state index in [9.17, 15) is 22.8 Å². The van der Waals surface area contributed by atoms with E-state index in [-0.39, 0.29) is 26.9 Å². The van der Waals surface area contributed by atoms with E-state index in [1.54, 1.807) is 20.8 Å². The number of hydrogen-bond acceptors (Lipinski definition) is 4. The highest BCUT2D eigenvalue weighted by atomic mass is 79.9. The van der Waals surface area contributed by atoms with Gasteiger partial charge in [0.2, 0.25) is 0 Å². The molecule has 1 amide bonds. The molecule has 0 fully saturated rings. The maximum atomic E-state index is 14.5. The van der Waals surface area contributed by atoms with Crippen molar-refractivity contribution in [1.29, 1.82) is 0 Å². The smallest absolute Gasteiger partial charge is 0.408 e. The van der Waals surface area contributed by atoms with Gasteiger partial charge in [-0.2, -0.15) is 0 Å². The zero-order valence-electron chi connectivity index (χ0n) is 17.1. The number of carbonyl (C=O) groups excluding carboxylic acids is 1. The Hall–Kier alpha value is -2.88. The lowest BCUT2D eigenvalue weighted by atomic mass is 10.2. The predicted octanol–water partition coefficient (Wildman–Crippen LogP) is 5.15. The Bertz CT molecular complexity index is 1220. The summed E-state index contributed by atoms with van der Waals surface area (Å²) in [5, 5.41) is 2.40. The van der Waals surface area contributed by atoms with Crippen LogP contribution in [0.2, 0.25) is 0 Å². The second-order valence-electron chi connectivity index (χ2n) is 7.86. The molecule has 0 unspecified atom stereocenters. The topological polar surface area (TPSA) is 73.2 Å². The van der Waals surface area contributed by atoms with Crippen molar-refractivity contribution in [1.82, 2.24) is 14.9 Å². The van der Waals surface area contributed by atoms with Gasteiger partial charge in [0, 0.05) is 10.5 Å². The molecule has 0 aliphatic carbocycles. The zero-order chi connectivity index (χ0) is 23.1. The SMILES string of the molecule is C[C@H](NC(=O)OC(C)(C)C)c1nc2c(F)ccc(Br)c2c(=O)n1-c1cc(F)cc(F)c1. The highest BCUT2D eigenvalue weighted by Crippen LogP contribution is 2.26. The summed E-state index contributed by atoms with van der Waals surface area (Å²) in [7, 11) is 0. The third-order valence-electron chi connectivity index (χ3n) is 4.18. The van der Waals surface area contributed by atoms with Crippen LogP contribution in [0.1, 0.15) is 39.6 Å². The van der Waals surface area contributed by atoms with E-state index < -0.39 is 40.7 Å². The summed E-state index contributed by atoms with van der Waals surface area (Å²) >= 11 is 3.19. The number of halogens is 4. The van der Waals surface area contributed by atoms with E-state index in [1.807, 2.05) is 0 Å². The van der Waals surface area contributed by atoms with E-state index in [4.69, 9.17) is 4.74 Å². The molecule has 1 aromatic heterocycles. The highest BCUT2D eigenvalue weighted by molar-refractivity contribution is 9.10. The van der Waals surface area contributed by atoms with Crippen LogP contribution < -0.4 is 10.9 Å². The van der Waals surface area contributed by atoms with Crippen molar-refractivity contribution < 1.29 is 22.7 Å². The molecule has 3 aromatic rings. The molecule has 2 aromatic carbocycles. The van der Waals surface area contributed by atoms with E-state index in [0.29, 0.717) is 6.07 Å². The largest absolute Gasteiger partial charge is 0.444 e. The minimum absolute atomic E-state index is 0.113. The quantitative estimate of drug-likeness (QED) is 0.542. The van der Waals surface area contributed by atoms with Crippen LogP contribution in [-0.2, 0) is 4.74 Å². The molecule has 1 heterocycles. The Morgan fingerprint density at radius 2 is 1.77 bits per heavy atom. The van der Waals surface area contributed by atoms with Gasteiger partial charge in [0.05, 0.1) is 17.1 Å². The van der Waals surface area contributed by atoms with Gasteiger partial charge >= 0.3 is 6.09 Å². The standard InChI is InChI=1S/C21H19BrF3N3O3/c1-10(26-20(30)31-21(2,3)4)18-27-17-15(25)6-5-14(22)16(17)19(29)28(18)13-8-11(23)7-12(24)9-13/h5-10H,1-4H3,(H,26,30)/t10-/m0/s1. The molecule has 164 valence electrons. The van der Waals surface area contributed by atoms with Crippen LogP contribution in [0.3, 0.4) is 0 Å². The fourth-order valence-electron chi connectivity index (χ4n) is 2.99. The number of carbonyl (C=O) groups is 1. The Kier molecular flexibility index (Phi) is 6.13. The summed E-state index contributed by atoms with van der Waals surface area (Å²) in [6.45, 7) is 6.50. The monoisotopic (exact) mass is 497 g/mol. The first-order valence-corrected chi connectivity index (χ1v) is 10.0. The van der Waals surface area contributed by atoms with Crippen molar-refractivity contribution in [2.75, 3.05) is 0 Å². The molecule has 1 atom stereocenters. The summed E-state index contributed by atoms with van der Waals surface area (Å²) in [6, 6.07) is 4.02. The van der Waals surface area contributed by atoms with Crippen molar-refractivity contribution in [3.05, 3.63) is 68.4 Å². The lowest BCUT2D eigenvalue weighted by molar-refractivity contribution is 0.0505. The van der Waals surface area contributed by atoms with Crippen LogP contribution in [0.5, 0.6) is 0 Å². The van der Waals surface area contributed by atoms with Crippen molar-refractivity contribution in [3.8, 4) is 5.69 Å². The molecule has 0 saturated heterocycles. The van der Waals surface area contributed by atoms with Gasteiger partial charge in [-0.15, -0.1) is 0 Å². The molecular formula is C21H19BrF3N3O3. The number of amides is 1. The van der Waals surface area contributed by atoms with Gasteiger partial charge in [-0.25, -0.2) is 22.9 Å². The number of ether oxygens (including phenoxy) is 1. The normalized spacial score (nSPS) is 12.6. The van der Waals surface area contributed by atoms with Gasteiger partial charge in [-0.05, 0) is 67.9 Å². The van der Waals surface area contributed by atoms with Crippen molar-refractivity contribution in [2.24, 2.45) is 0 Å². The van der Waals surface area contributed by atoms with E-state index in [0.717, 1.165) is 22.8 Å². The molecule has 0 bridgehead atoms. The first-order chi connectivity index (χ1) is 14.4. The Labute approximate surface area is 184 Å². The molecule has 6 nitrogen and oxygen atoms in total. The maximum Gasteiger partial charge on any atom is 0.408 e. The van der Waals surface area contributed by atoms with Gasteiger partial charge in [0.25, 0.3) is 5.56 Å². The predicted molar refractivity (Wildman–Crippen MR) is 113 cm³/mol. The summed E-state index contributed by atoms with van der Waals surface area (Å²) in [6.07, 6.45) is -0.805. The van der Waals surface area contributed by atoms with Gasteiger partial charge in [-0.3, -0.25) is 9.36 Å². The number of benzene rings is 2. The van der Waals surface area contributed by atoms with Crippen LogP contribution in [-0.4, -0.2) is 21.2 Å². The molecule has 0 spiro atoms. The number of nitrogens with one attached hydrogen (secondary N) is 1. The average Bonchev–Trinajstić information content (AvgIpc) is 2.61. The summed E-state index contributed by atoms with van der Waals surface area (Å²) in [4.78, 5) is 29.7. The van der Waals surface area contributed by atoms with Gasteiger partial charge in [0.1, 0.15) is 34.4 Å². The van der Waals surface area contributed by atoms with Crippen LogP contribution in [0.25, 0.3) is 16.6 Å². The van der Waals surface area contributed by atoms with Crippen molar-refractivity contribution >= 4 is 32.9 Å². The Morgan fingerprint density at radius 3 is 2.35 bits per heavy atom. The summed E-state index contributed by atoms with van der Waals surface area (Å²) in [5.74, 6) is -2.73.